The third-order valence-electron chi connectivity index (χ3n) is 5.44. The first-order valence-corrected chi connectivity index (χ1v) is 10.2. The number of carbonyl (C=O) groups is 2. The molecule has 142 valence electrons. The summed E-state index contributed by atoms with van der Waals surface area (Å²) in [5, 5.41) is 4.84. The summed E-state index contributed by atoms with van der Waals surface area (Å²) in [6.45, 7) is 2.50. The van der Waals surface area contributed by atoms with Gasteiger partial charge >= 0.3 is 0 Å². The van der Waals surface area contributed by atoms with Gasteiger partial charge in [0, 0.05) is 55.0 Å². The molecule has 27 heavy (non-hydrogen) atoms. The molecule has 2 aromatic rings. The fourth-order valence-corrected chi connectivity index (χ4v) is 4.81. The number of pyridine rings is 1. The molecule has 4 heterocycles. The third-order valence-corrected chi connectivity index (χ3v) is 6.31. The van der Waals surface area contributed by atoms with E-state index in [0.717, 1.165) is 17.0 Å². The quantitative estimate of drug-likeness (QED) is 0.855. The lowest BCUT2D eigenvalue weighted by molar-refractivity contribution is -0.136. The topological polar surface area (TPSA) is 71.4 Å². The van der Waals surface area contributed by atoms with Crippen molar-refractivity contribution >= 4 is 23.2 Å². The molecule has 0 aromatic carbocycles. The third kappa shape index (κ3) is 3.98. The number of fused-ring (bicyclic) bond motifs is 4. The fraction of sp³-hybridized carbons (Fsp3) is 0.450. The Morgan fingerprint density at radius 3 is 2.81 bits per heavy atom. The van der Waals surface area contributed by atoms with E-state index in [2.05, 4.69) is 5.32 Å². The van der Waals surface area contributed by atoms with Crippen LogP contribution in [-0.4, -0.2) is 34.4 Å². The largest absolute Gasteiger partial charge is 0.351 e. The lowest BCUT2D eigenvalue weighted by Gasteiger charge is -2.42. The van der Waals surface area contributed by atoms with Crippen molar-refractivity contribution in [1.29, 1.82) is 0 Å². The van der Waals surface area contributed by atoms with Crippen LogP contribution in [0.25, 0.3) is 0 Å². The molecule has 6 nitrogen and oxygen atoms in total. The van der Waals surface area contributed by atoms with Gasteiger partial charge in [0.15, 0.2) is 0 Å². The Bertz CT molecular complexity index is 890. The molecule has 2 bridgehead atoms. The standard InChI is InChI=1S/C20H23N3O3S/c24-18(21-10-16-3-2-8-27-16)6-7-19(25)22-11-14-9-15(13-22)17-4-1-5-20(26)23(17)12-14/h1-5,8,14-15H,6-7,9-13H2,(H,21,24). The molecule has 2 aromatic heterocycles. The first-order valence-electron chi connectivity index (χ1n) is 9.37. The number of carbonyl (C=O) groups excluding carboxylic acids is 2. The molecular weight excluding hydrogens is 362 g/mol. The summed E-state index contributed by atoms with van der Waals surface area (Å²) in [6, 6.07) is 9.32. The minimum absolute atomic E-state index is 0.0303. The van der Waals surface area contributed by atoms with Crippen molar-refractivity contribution in [2.75, 3.05) is 13.1 Å². The minimum atomic E-state index is -0.0918. The summed E-state index contributed by atoms with van der Waals surface area (Å²) in [5.41, 5.74) is 1.08. The average molecular weight is 385 g/mol. The van der Waals surface area contributed by atoms with Crippen LogP contribution in [0.1, 0.15) is 35.8 Å². The maximum atomic E-state index is 12.6. The van der Waals surface area contributed by atoms with E-state index in [9.17, 15) is 14.4 Å². The van der Waals surface area contributed by atoms with Gasteiger partial charge < -0.3 is 14.8 Å². The molecule has 2 aliphatic rings. The van der Waals surface area contributed by atoms with Crippen LogP contribution in [0.4, 0.5) is 0 Å². The van der Waals surface area contributed by atoms with Crippen LogP contribution >= 0.6 is 11.3 Å². The normalized spacial score (nSPS) is 20.8. The Kier molecular flexibility index (Phi) is 5.11. The molecule has 2 aliphatic heterocycles. The van der Waals surface area contributed by atoms with Crippen molar-refractivity contribution in [1.82, 2.24) is 14.8 Å². The molecule has 1 N–H and O–H groups in total. The van der Waals surface area contributed by atoms with Gasteiger partial charge in [0.25, 0.3) is 5.56 Å². The highest BCUT2D eigenvalue weighted by Crippen LogP contribution is 2.35. The van der Waals surface area contributed by atoms with Crippen LogP contribution in [0.3, 0.4) is 0 Å². The number of rotatable bonds is 5. The number of likely N-dealkylation sites (tertiary alicyclic amines) is 1. The van der Waals surface area contributed by atoms with Crippen molar-refractivity contribution in [3.63, 3.8) is 0 Å². The summed E-state index contributed by atoms with van der Waals surface area (Å²) in [7, 11) is 0. The first-order chi connectivity index (χ1) is 13.1. The van der Waals surface area contributed by atoms with Crippen LogP contribution in [-0.2, 0) is 22.7 Å². The van der Waals surface area contributed by atoms with Gasteiger partial charge in [-0.25, -0.2) is 0 Å². The Labute approximate surface area is 161 Å². The van der Waals surface area contributed by atoms with Gasteiger partial charge in [0.05, 0.1) is 6.54 Å². The summed E-state index contributed by atoms with van der Waals surface area (Å²) in [4.78, 5) is 39.7. The predicted octanol–water partition coefficient (Wildman–Crippen LogP) is 1.95. The van der Waals surface area contributed by atoms with Gasteiger partial charge in [-0.1, -0.05) is 12.1 Å². The Morgan fingerprint density at radius 2 is 2.00 bits per heavy atom. The van der Waals surface area contributed by atoms with Crippen molar-refractivity contribution in [3.05, 3.63) is 56.6 Å². The highest BCUT2D eigenvalue weighted by molar-refractivity contribution is 7.09. The molecule has 7 heteroatoms. The maximum Gasteiger partial charge on any atom is 0.250 e. The molecule has 2 atom stereocenters. The van der Waals surface area contributed by atoms with Crippen LogP contribution in [0.2, 0.25) is 0 Å². The first kappa shape index (κ1) is 18.0. The van der Waals surface area contributed by atoms with Gasteiger partial charge in [-0.05, 0) is 29.9 Å². The number of thiophene rings is 1. The molecular formula is C20H23N3O3S. The Hall–Kier alpha value is -2.41. The van der Waals surface area contributed by atoms with E-state index in [1.807, 2.05) is 33.0 Å². The van der Waals surface area contributed by atoms with Crippen molar-refractivity contribution in [2.45, 2.75) is 38.3 Å². The zero-order valence-electron chi connectivity index (χ0n) is 15.1. The number of piperidine rings is 1. The second-order valence-corrected chi connectivity index (χ2v) is 8.39. The van der Waals surface area contributed by atoms with E-state index in [0.29, 0.717) is 32.1 Å². The molecule has 0 spiro atoms. The molecule has 2 amide bonds. The van der Waals surface area contributed by atoms with E-state index in [-0.39, 0.29) is 36.1 Å². The van der Waals surface area contributed by atoms with Gasteiger partial charge in [-0.3, -0.25) is 14.4 Å². The van der Waals surface area contributed by atoms with Crippen LogP contribution in [0, 0.1) is 5.92 Å². The van der Waals surface area contributed by atoms with Crippen LogP contribution in [0.5, 0.6) is 0 Å². The number of aromatic nitrogens is 1. The van der Waals surface area contributed by atoms with Crippen LogP contribution in [0.15, 0.2) is 40.5 Å². The summed E-state index contributed by atoms with van der Waals surface area (Å²) in [5.74, 6) is 0.463. The van der Waals surface area contributed by atoms with Gasteiger partial charge in [-0.2, -0.15) is 0 Å². The van der Waals surface area contributed by atoms with Crippen molar-refractivity contribution in [2.24, 2.45) is 5.92 Å². The van der Waals surface area contributed by atoms with Crippen molar-refractivity contribution in [3.8, 4) is 0 Å². The van der Waals surface area contributed by atoms with E-state index in [1.165, 1.54) is 0 Å². The molecule has 0 radical (unpaired) electrons. The summed E-state index contributed by atoms with van der Waals surface area (Å²) in [6.07, 6.45) is 1.47. The van der Waals surface area contributed by atoms with Gasteiger partial charge in [0.2, 0.25) is 11.8 Å². The summed E-state index contributed by atoms with van der Waals surface area (Å²) < 4.78 is 1.86. The second kappa shape index (κ2) is 7.68. The molecule has 4 rings (SSSR count). The maximum absolute atomic E-state index is 12.6. The lowest BCUT2D eigenvalue weighted by Crippen LogP contribution is -2.49. The molecule has 0 saturated carbocycles. The highest BCUT2D eigenvalue weighted by Gasteiger charge is 2.36. The van der Waals surface area contributed by atoms with Gasteiger partial charge in [-0.15, -0.1) is 11.3 Å². The fourth-order valence-electron chi connectivity index (χ4n) is 4.17. The predicted molar refractivity (Wildman–Crippen MR) is 104 cm³/mol. The average Bonchev–Trinajstić information content (AvgIpc) is 3.19. The van der Waals surface area contributed by atoms with E-state index in [4.69, 9.17) is 0 Å². The SMILES string of the molecule is O=C(CCC(=O)N1CC2CC(C1)c1cccc(=O)n1C2)NCc1cccs1. The number of nitrogens with one attached hydrogen (secondary N) is 1. The monoisotopic (exact) mass is 385 g/mol. The number of nitrogens with zero attached hydrogens (tertiary/aromatic N) is 2. The zero-order valence-corrected chi connectivity index (χ0v) is 15.9. The van der Waals surface area contributed by atoms with Gasteiger partial charge in [0.1, 0.15) is 0 Å². The zero-order chi connectivity index (χ0) is 18.8. The minimum Gasteiger partial charge on any atom is -0.351 e. The molecule has 0 aliphatic carbocycles. The smallest absolute Gasteiger partial charge is 0.250 e. The number of amides is 2. The van der Waals surface area contributed by atoms with Crippen molar-refractivity contribution < 1.29 is 9.59 Å². The lowest BCUT2D eigenvalue weighted by atomic mass is 9.83. The highest BCUT2D eigenvalue weighted by atomic mass is 32.1. The Morgan fingerprint density at radius 1 is 1.11 bits per heavy atom. The van der Waals surface area contributed by atoms with E-state index >= 15 is 0 Å². The summed E-state index contributed by atoms with van der Waals surface area (Å²) >= 11 is 1.60. The molecule has 2 unspecified atom stereocenters. The van der Waals surface area contributed by atoms with E-state index < -0.39 is 0 Å². The second-order valence-electron chi connectivity index (χ2n) is 7.35. The molecule has 1 saturated heterocycles. The number of hydrogen-bond donors (Lipinski definition) is 1. The number of hydrogen-bond acceptors (Lipinski definition) is 4. The van der Waals surface area contributed by atoms with E-state index in [1.54, 1.807) is 23.5 Å². The molecule has 1 fully saturated rings. The Balaban J connectivity index is 1.31. The van der Waals surface area contributed by atoms with Crippen LogP contribution < -0.4 is 10.9 Å².